The molecular weight excluding hydrogens is 202 g/mol. The Balaban J connectivity index is 1.69. The van der Waals surface area contributed by atoms with Crippen LogP contribution in [0.2, 0.25) is 0 Å². The predicted molar refractivity (Wildman–Crippen MR) is 63.3 cm³/mol. The van der Waals surface area contributed by atoms with E-state index in [1.165, 1.54) is 5.69 Å². The zero-order chi connectivity index (χ0) is 11.4. The monoisotopic (exact) mass is 223 g/mol. The summed E-state index contributed by atoms with van der Waals surface area (Å²) in [6, 6.07) is 0.599. The maximum atomic E-state index is 5.71. The van der Waals surface area contributed by atoms with Crippen molar-refractivity contribution in [2.45, 2.75) is 51.4 Å². The van der Waals surface area contributed by atoms with Gasteiger partial charge < -0.3 is 15.0 Å². The van der Waals surface area contributed by atoms with Crippen LogP contribution < -0.4 is 5.32 Å². The highest BCUT2D eigenvalue weighted by molar-refractivity contribution is 4.94. The van der Waals surface area contributed by atoms with Gasteiger partial charge in [-0.15, -0.1) is 0 Å². The minimum atomic E-state index is 0.383. The number of rotatable bonds is 4. The lowest BCUT2D eigenvalue weighted by molar-refractivity contribution is -0.0419. The zero-order valence-electron chi connectivity index (χ0n) is 10.1. The van der Waals surface area contributed by atoms with Crippen molar-refractivity contribution in [3.63, 3.8) is 0 Å². The molecule has 1 aliphatic rings. The van der Waals surface area contributed by atoms with Crippen LogP contribution in [0.25, 0.3) is 0 Å². The largest absolute Gasteiger partial charge is 0.375 e. The van der Waals surface area contributed by atoms with Crippen LogP contribution in [0.4, 0.5) is 0 Å². The first-order valence-corrected chi connectivity index (χ1v) is 6.10. The Morgan fingerprint density at radius 2 is 2.19 bits per heavy atom. The SMILES string of the molecule is CC1CC(NCCc2cnc[nH]2)CC(C)O1. The van der Waals surface area contributed by atoms with Crippen LogP contribution in [0.3, 0.4) is 0 Å². The van der Waals surface area contributed by atoms with E-state index >= 15 is 0 Å². The lowest BCUT2D eigenvalue weighted by Crippen LogP contribution is -2.42. The fraction of sp³-hybridized carbons (Fsp3) is 0.750. The standard InChI is InChI=1S/C12H21N3O/c1-9-5-12(6-10(2)16-9)14-4-3-11-7-13-8-15-11/h7-10,12,14H,3-6H2,1-2H3,(H,13,15). The van der Waals surface area contributed by atoms with Crippen molar-refractivity contribution in [2.24, 2.45) is 0 Å². The molecule has 0 spiro atoms. The highest BCUT2D eigenvalue weighted by Crippen LogP contribution is 2.18. The van der Waals surface area contributed by atoms with Gasteiger partial charge in [0.15, 0.2) is 0 Å². The Kier molecular flexibility index (Phi) is 3.96. The molecule has 4 nitrogen and oxygen atoms in total. The third-order valence-electron chi connectivity index (χ3n) is 3.08. The average molecular weight is 223 g/mol. The smallest absolute Gasteiger partial charge is 0.0921 e. The summed E-state index contributed by atoms with van der Waals surface area (Å²) in [5.41, 5.74) is 1.20. The number of nitrogens with one attached hydrogen (secondary N) is 2. The maximum absolute atomic E-state index is 5.71. The van der Waals surface area contributed by atoms with Crippen LogP contribution in [-0.2, 0) is 11.2 Å². The summed E-state index contributed by atoms with van der Waals surface area (Å²) < 4.78 is 5.71. The van der Waals surface area contributed by atoms with E-state index in [0.717, 1.165) is 25.8 Å². The second kappa shape index (κ2) is 5.46. The summed E-state index contributed by atoms with van der Waals surface area (Å²) in [5, 5.41) is 3.59. The highest BCUT2D eigenvalue weighted by atomic mass is 16.5. The van der Waals surface area contributed by atoms with Crippen molar-refractivity contribution in [3.8, 4) is 0 Å². The molecule has 1 aromatic rings. The van der Waals surface area contributed by atoms with Gasteiger partial charge in [0.25, 0.3) is 0 Å². The van der Waals surface area contributed by atoms with Crippen molar-refractivity contribution in [3.05, 3.63) is 18.2 Å². The Labute approximate surface area is 96.8 Å². The van der Waals surface area contributed by atoms with Gasteiger partial charge in [-0.2, -0.15) is 0 Å². The van der Waals surface area contributed by atoms with Gasteiger partial charge in [-0.05, 0) is 26.7 Å². The summed E-state index contributed by atoms with van der Waals surface area (Å²) in [7, 11) is 0. The average Bonchev–Trinajstić information content (AvgIpc) is 2.69. The van der Waals surface area contributed by atoms with Crippen molar-refractivity contribution in [1.29, 1.82) is 0 Å². The number of H-pyrrole nitrogens is 1. The van der Waals surface area contributed by atoms with Crippen LogP contribution >= 0.6 is 0 Å². The first-order chi connectivity index (χ1) is 7.74. The van der Waals surface area contributed by atoms with E-state index < -0.39 is 0 Å². The van der Waals surface area contributed by atoms with E-state index in [-0.39, 0.29) is 0 Å². The van der Waals surface area contributed by atoms with E-state index in [9.17, 15) is 0 Å². The third kappa shape index (κ3) is 3.32. The summed E-state index contributed by atoms with van der Waals surface area (Å²) in [6.45, 7) is 5.31. The zero-order valence-corrected chi connectivity index (χ0v) is 10.1. The quantitative estimate of drug-likeness (QED) is 0.813. The fourth-order valence-electron chi connectivity index (χ4n) is 2.40. The third-order valence-corrected chi connectivity index (χ3v) is 3.08. The van der Waals surface area contributed by atoms with Crippen molar-refractivity contribution in [1.82, 2.24) is 15.3 Å². The highest BCUT2D eigenvalue weighted by Gasteiger charge is 2.23. The Bertz CT molecular complexity index is 289. The van der Waals surface area contributed by atoms with Crippen LogP contribution in [0, 0.1) is 0 Å². The molecule has 0 bridgehead atoms. The number of hydrogen-bond donors (Lipinski definition) is 2. The molecule has 1 saturated heterocycles. The second-order valence-electron chi connectivity index (χ2n) is 4.71. The molecule has 2 rings (SSSR count). The molecule has 1 aromatic heterocycles. The molecule has 0 amide bonds. The van der Waals surface area contributed by atoms with Gasteiger partial charge in [0.05, 0.1) is 18.5 Å². The number of imidazole rings is 1. The molecule has 1 aliphatic heterocycles. The van der Waals surface area contributed by atoms with E-state index in [0.29, 0.717) is 18.2 Å². The number of aromatic amines is 1. The van der Waals surface area contributed by atoms with E-state index in [2.05, 4.69) is 29.1 Å². The number of hydrogen-bond acceptors (Lipinski definition) is 3. The van der Waals surface area contributed by atoms with Crippen molar-refractivity contribution >= 4 is 0 Å². The number of aromatic nitrogens is 2. The fourth-order valence-corrected chi connectivity index (χ4v) is 2.40. The number of ether oxygens (including phenoxy) is 1. The molecule has 16 heavy (non-hydrogen) atoms. The molecule has 0 radical (unpaired) electrons. The lowest BCUT2D eigenvalue weighted by Gasteiger charge is -2.32. The lowest BCUT2D eigenvalue weighted by atomic mass is 10.00. The summed E-state index contributed by atoms with van der Waals surface area (Å²) >= 11 is 0. The van der Waals surface area contributed by atoms with Gasteiger partial charge in [-0.1, -0.05) is 0 Å². The molecule has 2 N–H and O–H groups in total. The Morgan fingerprint density at radius 1 is 1.44 bits per heavy atom. The van der Waals surface area contributed by atoms with Gasteiger partial charge in [0, 0.05) is 30.9 Å². The van der Waals surface area contributed by atoms with Crippen molar-refractivity contribution in [2.75, 3.05) is 6.54 Å². The van der Waals surface area contributed by atoms with Gasteiger partial charge in [-0.25, -0.2) is 4.98 Å². The van der Waals surface area contributed by atoms with Crippen LogP contribution in [0.15, 0.2) is 12.5 Å². The molecular formula is C12H21N3O. The molecule has 1 fully saturated rings. The topological polar surface area (TPSA) is 49.9 Å². The van der Waals surface area contributed by atoms with Gasteiger partial charge in [0.2, 0.25) is 0 Å². The summed E-state index contributed by atoms with van der Waals surface area (Å²) in [4.78, 5) is 7.13. The normalized spacial score (nSPS) is 30.5. The van der Waals surface area contributed by atoms with Crippen LogP contribution in [0.5, 0.6) is 0 Å². The van der Waals surface area contributed by atoms with Gasteiger partial charge >= 0.3 is 0 Å². The molecule has 2 heterocycles. The maximum Gasteiger partial charge on any atom is 0.0921 e. The first-order valence-electron chi connectivity index (χ1n) is 6.10. The second-order valence-corrected chi connectivity index (χ2v) is 4.71. The summed E-state index contributed by atoms with van der Waals surface area (Å²) in [6.07, 6.45) is 7.63. The van der Waals surface area contributed by atoms with Crippen molar-refractivity contribution < 1.29 is 4.74 Å². The van der Waals surface area contributed by atoms with Crippen LogP contribution in [0.1, 0.15) is 32.4 Å². The molecule has 4 heteroatoms. The molecule has 2 unspecified atom stereocenters. The number of nitrogens with zero attached hydrogens (tertiary/aromatic N) is 1. The molecule has 0 saturated carbocycles. The molecule has 2 atom stereocenters. The Hall–Kier alpha value is -0.870. The molecule has 90 valence electrons. The molecule has 0 aromatic carbocycles. The summed E-state index contributed by atoms with van der Waals surface area (Å²) in [5.74, 6) is 0. The van der Waals surface area contributed by atoms with E-state index in [1.54, 1.807) is 6.33 Å². The van der Waals surface area contributed by atoms with Crippen LogP contribution in [-0.4, -0.2) is 34.8 Å². The Morgan fingerprint density at radius 3 is 2.81 bits per heavy atom. The molecule has 0 aliphatic carbocycles. The van der Waals surface area contributed by atoms with Gasteiger partial charge in [-0.3, -0.25) is 0 Å². The first kappa shape index (κ1) is 11.6. The van der Waals surface area contributed by atoms with Gasteiger partial charge in [0.1, 0.15) is 0 Å². The van der Waals surface area contributed by atoms with E-state index in [4.69, 9.17) is 4.74 Å². The minimum absolute atomic E-state index is 0.383. The predicted octanol–water partition coefficient (Wildman–Crippen LogP) is 1.50. The minimum Gasteiger partial charge on any atom is -0.375 e. The van der Waals surface area contributed by atoms with E-state index in [1.807, 2.05) is 6.20 Å².